The zero-order chi connectivity index (χ0) is 20.9. The zero-order valence-electron chi connectivity index (χ0n) is 16.1. The van der Waals surface area contributed by atoms with E-state index in [0.29, 0.717) is 13.0 Å². The van der Waals surface area contributed by atoms with Gasteiger partial charge in [0.2, 0.25) is 5.91 Å². The maximum absolute atomic E-state index is 12.0. The second-order valence-electron chi connectivity index (χ2n) is 7.43. The Labute approximate surface area is 172 Å². The highest BCUT2D eigenvalue weighted by Gasteiger charge is 2.15. The second-order valence-corrected chi connectivity index (χ2v) is 8.29. The lowest BCUT2D eigenvalue weighted by atomic mass is 9.87. The van der Waals surface area contributed by atoms with Crippen LogP contribution in [0.2, 0.25) is 0 Å². The fourth-order valence-corrected chi connectivity index (χ4v) is 2.98. The summed E-state index contributed by atoms with van der Waals surface area (Å²) in [6.45, 7) is 6.79. The van der Waals surface area contributed by atoms with Crippen molar-refractivity contribution in [2.75, 3.05) is 11.9 Å². The molecule has 0 heterocycles. The number of carboxylic acid groups (broad SMARTS) is 1. The number of rotatable bonds is 7. The number of aromatic carboxylic acids is 1. The Kier molecular flexibility index (Phi) is 7.07. The molecule has 0 saturated carbocycles. The third kappa shape index (κ3) is 5.99. The number of amides is 1. The highest BCUT2D eigenvalue weighted by Crippen LogP contribution is 2.31. The van der Waals surface area contributed by atoms with E-state index in [-0.39, 0.29) is 34.7 Å². The van der Waals surface area contributed by atoms with Crippen molar-refractivity contribution in [1.82, 2.24) is 0 Å². The van der Waals surface area contributed by atoms with Crippen molar-refractivity contribution in [3.8, 4) is 11.5 Å². The van der Waals surface area contributed by atoms with Crippen molar-refractivity contribution in [3.05, 3.63) is 52.0 Å². The first kappa shape index (κ1) is 21.8. The number of ether oxygens (including phenoxy) is 1. The molecule has 0 atom stereocenters. The average Bonchev–Trinajstić information content (AvgIpc) is 2.60. The molecule has 0 aliphatic carbocycles. The molecule has 2 aromatic carbocycles. The van der Waals surface area contributed by atoms with E-state index in [1.165, 1.54) is 17.7 Å². The molecule has 0 aliphatic rings. The van der Waals surface area contributed by atoms with E-state index in [4.69, 9.17) is 9.84 Å². The van der Waals surface area contributed by atoms with Crippen molar-refractivity contribution >= 4 is 33.5 Å². The van der Waals surface area contributed by atoms with Crippen molar-refractivity contribution in [1.29, 1.82) is 0 Å². The van der Waals surface area contributed by atoms with Gasteiger partial charge in [0.25, 0.3) is 0 Å². The van der Waals surface area contributed by atoms with Crippen LogP contribution >= 0.6 is 15.9 Å². The van der Waals surface area contributed by atoms with Gasteiger partial charge in [-0.3, -0.25) is 4.79 Å². The molecule has 2 aromatic rings. The van der Waals surface area contributed by atoms with E-state index in [0.717, 1.165) is 16.3 Å². The van der Waals surface area contributed by atoms with Crippen molar-refractivity contribution in [3.63, 3.8) is 0 Å². The summed E-state index contributed by atoms with van der Waals surface area (Å²) in [5.41, 5.74) is 1.37. The summed E-state index contributed by atoms with van der Waals surface area (Å²) in [6.07, 6.45) is 0.699. The van der Waals surface area contributed by atoms with Crippen LogP contribution in [0.1, 0.15) is 49.5 Å². The average molecular weight is 450 g/mol. The molecule has 0 radical (unpaired) electrons. The van der Waals surface area contributed by atoms with Crippen LogP contribution in [0, 0.1) is 0 Å². The van der Waals surface area contributed by atoms with Gasteiger partial charge in [-0.1, -0.05) is 26.8 Å². The van der Waals surface area contributed by atoms with Gasteiger partial charge >= 0.3 is 5.97 Å². The largest absolute Gasteiger partial charge is 0.506 e. The standard InChI is InChI=1S/C21H24BrNO5/c1-21(2,3)14-7-9-18(15(22)12-14)28-10-4-5-19(25)23-16-8-6-13(20(26)27)11-17(16)24/h6-9,11-12,24H,4-5,10H2,1-3H3,(H,23,25)(H,26,27). The van der Waals surface area contributed by atoms with Gasteiger partial charge < -0.3 is 20.3 Å². The van der Waals surface area contributed by atoms with Crippen LogP contribution in [0.3, 0.4) is 0 Å². The smallest absolute Gasteiger partial charge is 0.335 e. The van der Waals surface area contributed by atoms with Gasteiger partial charge in [0, 0.05) is 6.42 Å². The molecule has 0 aromatic heterocycles. The summed E-state index contributed by atoms with van der Waals surface area (Å²) < 4.78 is 6.60. The number of aromatic hydroxyl groups is 1. The fraction of sp³-hybridized carbons (Fsp3) is 0.333. The van der Waals surface area contributed by atoms with Crippen LogP contribution in [0.5, 0.6) is 11.5 Å². The Morgan fingerprint density at radius 3 is 2.43 bits per heavy atom. The lowest BCUT2D eigenvalue weighted by molar-refractivity contribution is -0.116. The monoisotopic (exact) mass is 449 g/mol. The molecule has 0 bridgehead atoms. The minimum atomic E-state index is -1.15. The molecule has 2 rings (SSSR count). The molecule has 1 amide bonds. The van der Waals surface area contributed by atoms with Gasteiger partial charge in [-0.25, -0.2) is 4.79 Å². The first-order valence-electron chi connectivity index (χ1n) is 8.87. The molecule has 28 heavy (non-hydrogen) atoms. The number of benzene rings is 2. The van der Waals surface area contributed by atoms with Crippen LogP contribution < -0.4 is 10.1 Å². The molecule has 150 valence electrons. The van der Waals surface area contributed by atoms with Crippen LogP contribution in [0.15, 0.2) is 40.9 Å². The van der Waals surface area contributed by atoms with Crippen LogP contribution in [0.25, 0.3) is 0 Å². The number of anilines is 1. The third-order valence-electron chi connectivity index (χ3n) is 4.12. The van der Waals surface area contributed by atoms with Gasteiger partial charge in [0.1, 0.15) is 11.5 Å². The van der Waals surface area contributed by atoms with E-state index in [1.807, 2.05) is 18.2 Å². The number of nitrogens with one attached hydrogen (secondary N) is 1. The van der Waals surface area contributed by atoms with Gasteiger partial charge in [-0.15, -0.1) is 0 Å². The predicted molar refractivity (Wildman–Crippen MR) is 111 cm³/mol. The minimum absolute atomic E-state index is 0.0490. The van der Waals surface area contributed by atoms with Gasteiger partial charge in [-0.2, -0.15) is 0 Å². The Bertz CT molecular complexity index is 874. The molecule has 0 fully saturated rings. The van der Waals surface area contributed by atoms with Crippen molar-refractivity contribution < 1.29 is 24.5 Å². The number of hydrogen-bond donors (Lipinski definition) is 3. The Balaban J connectivity index is 1.82. The van der Waals surface area contributed by atoms with E-state index in [1.54, 1.807) is 0 Å². The highest BCUT2D eigenvalue weighted by molar-refractivity contribution is 9.10. The molecule has 0 saturated heterocycles. The van der Waals surface area contributed by atoms with Crippen LogP contribution in [0.4, 0.5) is 5.69 Å². The molecule has 0 aliphatic heterocycles. The summed E-state index contributed by atoms with van der Waals surface area (Å²) in [5.74, 6) is -1.00. The van der Waals surface area contributed by atoms with E-state index in [9.17, 15) is 14.7 Å². The molecule has 3 N–H and O–H groups in total. The Morgan fingerprint density at radius 1 is 1.14 bits per heavy atom. The van der Waals surface area contributed by atoms with Crippen molar-refractivity contribution in [2.24, 2.45) is 0 Å². The molecule has 6 nitrogen and oxygen atoms in total. The number of carbonyl (C=O) groups is 2. The third-order valence-corrected chi connectivity index (χ3v) is 4.74. The predicted octanol–water partition coefficient (Wildman–Crippen LogP) is 4.95. The summed E-state index contributed by atoms with van der Waals surface area (Å²) >= 11 is 3.51. The molecule has 0 unspecified atom stereocenters. The molecule has 0 spiro atoms. The lowest BCUT2D eigenvalue weighted by Gasteiger charge is -2.20. The molecular formula is C21H24BrNO5. The van der Waals surface area contributed by atoms with Gasteiger partial charge in [-0.05, 0) is 63.7 Å². The van der Waals surface area contributed by atoms with E-state index in [2.05, 4.69) is 42.0 Å². The number of phenols is 1. The zero-order valence-corrected chi connectivity index (χ0v) is 17.7. The fourth-order valence-electron chi connectivity index (χ4n) is 2.48. The summed E-state index contributed by atoms with van der Waals surface area (Å²) in [7, 11) is 0. The number of carboxylic acids is 1. The van der Waals surface area contributed by atoms with E-state index < -0.39 is 5.97 Å². The molecule has 7 heteroatoms. The maximum atomic E-state index is 12.0. The quantitative estimate of drug-likeness (QED) is 0.410. The van der Waals surface area contributed by atoms with Gasteiger partial charge in [0.15, 0.2) is 0 Å². The Hall–Kier alpha value is -2.54. The SMILES string of the molecule is CC(C)(C)c1ccc(OCCCC(=O)Nc2ccc(C(=O)O)cc2O)c(Br)c1. The van der Waals surface area contributed by atoms with Crippen LogP contribution in [-0.4, -0.2) is 28.7 Å². The number of phenolic OH excluding ortho intramolecular Hbond substituents is 1. The van der Waals surface area contributed by atoms with Gasteiger partial charge in [0.05, 0.1) is 22.3 Å². The number of carbonyl (C=O) groups excluding carboxylic acids is 1. The Morgan fingerprint density at radius 2 is 1.86 bits per heavy atom. The molecular weight excluding hydrogens is 426 g/mol. The van der Waals surface area contributed by atoms with E-state index >= 15 is 0 Å². The topological polar surface area (TPSA) is 95.9 Å². The van der Waals surface area contributed by atoms with Crippen molar-refractivity contribution in [2.45, 2.75) is 39.0 Å². The summed E-state index contributed by atoms with van der Waals surface area (Å²) in [4.78, 5) is 22.9. The normalized spacial score (nSPS) is 11.1. The summed E-state index contributed by atoms with van der Waals surface area (Å²) in [5, 5.41) is 21.3. The second kappa shape index (κ2) is 9.10. The lowest BCUT2D eigenvalue weighted by Crippen LogP contribution is -2.13. The maximum Gasteiger partial charge on any atom is 0.335 e. The van der Waals surface area contributed by atoms with Crippen LogP contribution in [-0.2, 0) is 10.2 Å². The number of hydrogen-bond acceptors (Lipinski definition) is 4. The highest BCUT2D eigenvalue weighted by atomic mass is 79.9. The minimum Gasteiger partial charge on any atom is -0.506 e. The first-order chi connectivity index (χ1) is 13.1. The number of halogens is 1. The first-order valence-corrected chi connectivity index (χ1v) is 9.66. The summed E-state index contributed by atoms with van der Waals surface area (Å²) in [6, 6.07) is 9.75.